The van der Waals surface area contributed by atoms with Gasteiger partial charge in [-0.1, -0.05) is 218 Å². The van der Waals surface area contributed by atoms with Gasteiger partial charge in [0.05, 0.1) is 22.4 Å². The lowest BCUT2D eigenvalue weighted by molar-refractivity contribution is 1.15. The smallest absolute Gasteiger partial charge is 0.186 e. The Labute approximate surface area is 410 Å². The first-order chi connectivity index (χ1) is 34.8. The number of fused-ring (bicyclic) bond motifs is 6. The topological polar surface area (TPSA) is 34.0 Å². The maximum atomic E-state index is 5.55. The number of nitrogens with zero attached hydrogens (tertiary/aromatic N) is 4. The van der Waals surface area contributed by atoms with Gasteiger partial charge in [-0.25, -0.2) is 4.98 Å². The summed E-state index contributed by atoms with van der Waals surface area (Å²) in [5.41, 5.74) is 7.71. The van der Waals surface area contributed by atoms with Crippen LogP contribution in [0.15, 0.2) is 279 Å². The van der Waals surface area contributed by atoms with E-state index in [2.05, 4.69) is 270 Å². The molecule has 0 spiro atoms. The SMILES string of the molecule is c1ccc(-n2c3ccccc3c3ccc4c(c32)N(c2cccc([Si](c3ccccc3)(c3ccccc3)c3cccc(-c5ccccn5)c3)c2)c2ncccc2[Si]4(c2ccccc2)c2ccccc2)cc1. The molecule has 1 aliphatic rings. The van der Waals surface area contributed by atoms with Crippen LogP contribution < -0.4 is 46.4 Å². The van der Waals surface area contributed by atoms with E-state index in [0.717, 1.165) is 45.2 Å². The molecule has 13 rings (SSSR count). The van der Waals surface area contributed by atoms with E-state index in [-0.39, 0.29) is 0 Å². The fourth-order valence-electron chi connectivity index (χ4n) is 11.6. The summed E-state index contributed by atoms with van der Waals surface area (Å²) < 4.78 is 2.50. The lowest BCUT2D eigenvalue weighted by atomic mass is 10.1. The minimum Gasteiger partial charge on any atom is -0.307 e. The van der Waals surface area contributed by atoms with Gasteiger partial charge in [-0.2, -0.15) is 0 Å². The Balaban J connectivity index is 1.18. The summed E-state index contributed by atoms with van der Waals surface area (Å²) in [6.45, 7) is 0. The Hall–Kier alpha value is -8.69. The van der Waals surface area contributed by atoms with E-state index in [9.17, 15) is 0 Å². The van der Waals surface area contributed by atoms with Crippen molar-refractivity contribution in [3.05, 3.63) is 279 Å². The van der Waals surface area contributed by atoms with Crippen molar-refractivity contribution in [1.82, 2.24) is 14.5 Å². The lowest BCUT2D eigenvalue weighted by Gasteiger charge is -2.44. The number of pyridine rings is 2. The zero-order valence-electron chi connectivity index (χ0n) is 38.3. The Morgan fingerprint density at radius 3 is 1.60 bits per heavy atom. The Morgan fingerprint density at radius 1 is 0.371 bits per heavy atom. The summed E-state index contributed by atoms with van der Waals surface area (Å²) in [7, 11) is -6.19. The minimum absolute atomic E-state index is 0.952. The molecule has 12 aromatic rings. The van der Waals surface area contributed by atoms with Crippen LogP contribution in [0.5, 0.6) is 0 Å². The van der Waals surface area contributed by atoms with Crippen LogP contribution in [0.1, 0.15) is 0 Å². The largest absolute Gasteiger partial charge is 0.307 e. The second kappa shape index (κ2) is 17.1. The Morgan fingerprint density at radius 2 is 0.929 bits per heavy atom. The van der Waals surface area contributed by atoms with Gasteiger partial charge in [-0.15, -0.1) is 0 Å². The van der Waals surface area contributed by atoms with Gasteiger partial charge in [0.25, 0.3) is 0 Å². The van der Waals surface area contributed by atoms with Gasteiger partial charge in [0.1, 0.15) is 5.82 Å². The molecule has 0 N–H and O–H groups in total. The van der Waals surface area contributed by atoms with E-state index in [1.807, 2.05) is 18.5 Å². The van der Waals surface area contributed by atoms with Crippen molar-refractivity contribution < 1.29 is 0 Å². The van der Waals surface area contributed by atoms with E-state index >= 15 is 0 Å². The van der Waals surface area contributed by atoms with E-state index in [1.165, 1.54) is 52.3 Å². The highest BCUT2D eigenvalue weighted by molar-refractivity contribution is 7.21. The van der Waals surface area contributed by atoms with Gasteiger partial charge in [-0.05, 0) is 90.0 Å². The maximum absolute atomic E-state index is 5.55. The molecule has 9 aromatic carbocycles. The van der Waals surface area contributed by atoms with Crippen molar-refractivity contribution in [3.8, 4) is 16.9 Å². The van der Waals surface area contributed by atoms with Crippen LogP contribution in [0.4, 0.5) is 17.2 Å². The van der Waals surface area contributed by atoms with Crippen LogP contribution in [0.25, 0.3) is 38.8 Å². The van der Waals surface area contributed by atoms with Gasteiger partial charge < -0.3 is 4.57 Å². The Kier molecular flexibility index (Phi) is 10.2. The van der Waals surface area contributed by atoms with Crippen LogP contribution in [0, 0.1) is 0 Å². The highest BCUT2D eigenvalue weighted by Crippen LogP contribution is 2.45. The minimum atomic E-state index is -3.10. The molecule has 0 atom stereocenters. The zero-order chi connectivity index (χ0) is 46.5. The molecule has 0 amide bonds. The van der Waals surface area contributed by atoms with E-state index in [4.69, 9.17) is 9.97 Å². The quantitative estimate of drug-likeness (QED) is 0.107. The van der Waals surface area contributed by atoms with Crippen molar-refractivity contribution in [1.29, 1.82) is 0 Å². The van der Waals surface area contributed by atoms with Crippen molar-refractivity contribution in [3.63, 3.8) is 0 Å². The molecular formula is C64H46N4Si2. The first kappa shape index (κ1) is 41.5. The fraction of sp³-hybridized carbons (Fsp3) is 0. The van der Waals surface area contributed by atoms with Crippen LogP contribution in [0.3, 0.4) is 0 Å². The van der Waals surface area contributed by atoms with Crippen molar-refractivity contribution in [2.45, 2.75) is 0 Å². The first-order valence-electron chi connectivity index (χ1n) is 24.0. The lowest BCUT2D eigenvalue weighted by Crippen LogP contribution is -2.77. The van der Waals surface area contributed by atoms with E-state index in [1.54, 1.807) is 0 Å². The summed E-state index contributed by atoms with van der Waals surface area (Å²) in [6.07, 6.45) is 3.87. The molecule has 1 aliphatic heterocycles. The van der Waals surface area contributed by atoms with Crippen molar-refractivity contribution >= 4 is 96.6 Å². The molecule has 0 saturated heterocycles. The normalized spacial score (nSPS) is 12.9. The molecule has 0 fully saturated rings. The molecule has 0 unspecified atom stereocenters. The highest BCUT2D eigenvalue weighted by Gasteiger charge is 2.51. The number of benzene rings is 9. The highest BCUT2D eigenvalue weighted by atomic mass is 28.3. The van der Waals surface area contributed by atoms with Gasteiger partial charge in [0.15, 0.2) is 16.1 Å². The molecule has 0 radical (unpaired) electrons. The molecule has 0 bridgehead atoms. The number of hydrogen-bond donors (Lipinski definition) is 0. The van der Waals surface area contributed by atoms with E-state index < -0.39 is 16.1 Å². The summed E-state index contributed by atoms with van der Waals surface area (Å²) in [4.78, 5) is 12.9. The van der Waals surface area contributed by atoms with Gasteiger partial charge in [0, 0.05) is 40.1 Å². The molecule has 0 aliphatic carbocycles. The van der Waals surface area contributed by atoms with Crippen LogP contribution >= 0.6 is 0 Å². The molecule has 4 heterocycles. The van der Waals surface area contributed by atoms with Crippen LogP contribution in [-0.2, 0) is 0 Å². The number of aromatic nitrogens is 3. The third-order valence-corrected chi connectivity index (χ3v) is 24.0. The third-order valence-electron chi connectivity index (χ3n) is 14.5. The number of anilines is 3. The summed E-state index contributed by atoms with van der Waals surface area (Å²) >= 11 is 0. The van der Waals surface area contributed by atoms with Crippen molar-refractivity contribution in [2.75, 3.05) is 4.90 Å². The van der Waals surface area contributed by atoms with Gasteiger partial charge >= 0.3 is 0 Å². The summed E-state index contributed by atoms with van der Waals surface area (Å²) in [5.74, 6) is 0.952. The molecular weight excluding hydrogens is 881 g/mol. The average molecular weight is 927 g/mol. The first-order valence-corrected chi connectivity index (χ1v) is 28.0. The molecule has 6 heteroatoms. The van der Waals surface area contributed by atoms with E-state index in [0.29, 0.717) is 0 Å². The van der Waals surface area contributed by atoms with Crippen LogP contribution in [-0.4, -0.2) is 30.7 Å². The molecule has 3 aromatic heterocycles. The van der Waals surface area contributed by atoms with Crippen molar-refractivity contribution in [2.24, 2.45) is 0 Å². The molecule has 330 valence electrons. The predicted molar refractivity (Wildman–Crippen MR) is 297 cm³/mol. The molecule has 70 heavy (non-hydrogen) atoms. The second-order valence-corrected chi connectivity index (χ2v) is 25.6. The summed E-state index contributed by atoms with van der Waals surface area (Å²) in [6, 6.07) is 98.9. The van der Waals surface area contributed by atoms with Gasteiger partial charge in [0.2, 0.25) is 0 Å². The maximum Gasteiger partial charge on any atom is 0.186 e. The zero-order valence-corrected chi connectivity index (χ0v) is 40.3. The molecule has 0 saturated carbocycles. The average Bonchev–Trinajstić information content (AvgIpc) is 3.79. The fourth-order valence-corrected chi connectivity index (χ4v) is 21.5. The summed E-state index contributed by atoms with van der Waals surface area (Å²) in [5, 5.41) is 12.8. The number of rotatable bonds is 9. The Bertz CT molecular complexity index is 3750. The predicted octanol–water partition coefficient (Wildman–Crippen LogP) is 9.78. The number of para-hydroxylation sites is 2. The van der Waals surface area contributed by atoms with Crippen LogP contribution in [0.2, 0.25) is 0 Å². The van der Waals surface area contributed by atoms with Gasteiger partial charge in [-0.3, -0.25) is 9.88 Å². The second-order valence-electron chi connectivity index (χ2n) is 18.1. The number of hydrogen-bond acceptors (Lipinski definition) is 3. The standard InChI is InChI=1S/C64H46N4Si2/c1-6-24-48(25-7-1)67-59-39-17-16-37-56(59)57-41-42-60-63(62(57)67)68(64-61(40-22-44-66-64)70(60,52-31-12-4-13-32-52)53-33-14-5-15-34-53)49-26-21-36-55(46-49)69(50-27-8-2-9-28-50,51-29-10-3-11-30-51)54-35-20-23-47(45-54)58-38-18-19-43-65-58/h1-46H. The monoisotopic (exact) mass is 926 g/mol. The third kappa shape index (κ3) is 6.34. The molecule has 4 nitrogen and oxygen atoms in total.